The van der Waals surface area contributed by atoms with Crippen LogP contribution in [0.5, 0.6) is 0 Å². The van der Waals surface area contributed by atoms with Gasteiger partial charge in [-0.2, -0.15) is 25.3 Å². The molecule has 0 atom stereocenters. The van der Waals surface area contributed by atoms with Gasteiger partial charge in [0, 0.05) is 0 Å². The van der Waals surface area contributed by atoms with E-state index in [1.807, 2.05) is 6.07 Å². The zero-order valence-corrected chi connectivity index (χ0v) is 10.1. The van der Waals surface area contributed by atoms with E-state index in [1.54, 1.807) is 12.1 Å². The van der Waals surface area contributed by atoms with E-state index in [1.165, 1.54) is 0 Å². The molecular formula is C11H14O2S2. The third-order valence-electron chi connectivity index (χ3n) is 2.10. The van der Waals surface area contributed by atoms with Gasteiger partial charge in [0.05, 0.1) is 5.56 Å². The fourth-order valence-corrected chi connectivity index (χ4v) is 1.95. The van der Waals surface area contributed by atoms with Crippen molar-refractivity contribution in [3.8, 4) is 0 Å². The standard InChI is InChI=1S/C11H14O2S2/c12-11(13)10-6-8(1-3-14)5-9(7-10)2-4-15/h5-7,14-15H,1-4H2,(H,12,13). The Labute approximate surface area is 101 Å². The highest BCUT2D eigenvalue weighted by molar-refractivity contribution is 7.80. The molecule has 0 unspecified atom stereocenters. The van der Waals surface area contributed by atoms with Crippen molar-refractivity contribution in [1.82, 2.24) is 0 Å². The zero-order valence-electron chi connectivity index (χ0n) is 8.31. The normalized spacial score (nSPS) is 10.3. The lowest BCUT2D eigenvalue weighted by molar-refractivity contribution is 0.0696. The molecular weight excluding hydrogens is 228 g/mol. The third kappa shape index (κ3) is 3.80. The average molecular weight is 242 g/mol. The molecule has 4 heteroatoms. The molecule has 0 saturated heterocycles. The lowest BCUT2D eigenvalue weighted by Crippen LogP contribution is -2.01. The number of carboxylic acid groups (broad SMARTS) is 1. The largest absolute Gasteiger partial charge is 0.478 e. The molecule has 0 amide bonds. The maximum absolute atomic E-state index is 10.9. The van der Waals surface area contributed by atoms with Crippen LogP contribution in [0, 0.1) is 0 Å². The molecule has 1 aromatic carbocycles. The zero-order chi connectivity index (χ0) is 11.3. The Bertz CT molecular complexity index is 326. The predicted molar refractivity (Wildman–Crippen MR) is 68.5 cm³/mol. The van der Waals surface area contributed by atoms with Crippen LogP contribution in [0.3, 0.4) is 0 Å². The smallest absolute Gasteiger partial charge is 0.335 e. The molecule has 0 bridgehead atoms. The van der Waals surface area contributed by atoms with E-state index < -0.39 is 5.97 Å². The number of thiol groups is 2. The van der Waals surface area contributed by atoms with Gasteiger partial charge in [0.25, 0.3) is 0 Å². The summed E-state index contributed by atoms with van der Waals surface area (Å²) in [6.07, 6.45) is 1.59. The van der Waals surface area contributed by atoms with Crippen LogP contribution >= 0.6 is 25.3 Å². The summed E-state index contributed by atoms with van der Waals surface area (Å²) in [5.74, 6) is 0.573. The molecule has 0 saturated carbocycles. The SMILES string of the molecule is O=C(O)c1cc(CCS)cc(CCS)c1. The summed E-state index contributed by atoms with van der Waals surface area (Å²) < 4.78 is 0. The molecule has 0 radical (unpaired) electrons. The van der Waals surface area contributed by atoms with Crippen molar-refractivity contribution in [3.63, 3.8) is 0 Å². The maximum Gasteiger partial charge on any atom is 0.335 e. The Morgan fingerprint density at radius 2 is 1.53 bits per heavy atom. The first-order chi connectivity index (χ1) is 7.17. The summed E-state index contributed by atoms with van der Waals surface area (Å²) in [6, 6.07) is 5.44. The van der Waals surface area contributed by atoms with Crippen molar-refractivity contribution in [1.29, 1.82) is 0 Å². The summed E-state index contributed by atoms with van der Waals surface area (Å²) in [6.45, 7) is 0. The second kappa shape index (κ2) is 6.08. The molecule has 15 heavy (non-hydrogen) atoms. The number of rotatable bonds is 5. The number of benzene rings is 1. The third-order valence-corrected chi connectivity index (χ3v) is 2.55. The lowest BCUT2D eigenvalue weighted by atomic mass is 10.0. The van der Waals surface area contributed by atoms with Crippen LogP contribution in [0.2, 0.25) is 0 Å². The van der Waals surface area contributed by atoms with Gasteiger partial charge in [0.1, 0.15) is 0 Å². The summed E-state index contributed by atoms with van der Waals surface area (Å²) in [5, 5.41) is 8.93. The van der Waals surface area contributed by atoms with Crippen molar-refractivity contribution in [2.24, 2.45) is 0 Å². The van der Waals surface area contributed by atoms with E-state index in [0.29, 0.717) is 5.56 Å². The van der Waals surface area contributed by atoms with Crippen molar-refractivity contribution < 1.29 is 9.90 Å². The molecule has 1 N–H and O–H groups in total. The molecule has 1 aromatic rings. The molecule has 0 heterocycles. The summed E-state index contributed by atoms with van der Waals surface area (Å²) >= 11 is 8.28. The molecule has 0 aliphatic rings. The van der Waals surface area contributed by atoms with E-state index in [-0.39, 0.29) is 0 Å². The van der Waals surface area contributed by atoms with Gasteiger partial charge < -0.3 is 5.11 Å². The van der Waals surface area contributed by atoms with Crippen LogP contribution in [-0.2, 0) is 12.8 Å². The Kier molecular flexibility index (Phi) is 5.05. The number of aryl methyl sites for hydroxylation is 2. The van der Waals surface area contributed by atoms with Crippen LogP contribution in [0.4, 0.5) is 0 Å². The number of carbonyl (C=O) groups is 1. The Morgan fingerprint density at radius 1 is 1.07 bits per heavy atom. The van der Waals surface area contributed by atoms with E-state index in [2.05, 4.69) is 25.3 Å². The Balaban J connectivity index is 3.02. The van der Waals surface area contributed by atoms with Gasteiger partial charge in [-0.3, -0.25) is 0 Å². The minimum Gasteiger partial charge on any atom is -0.478 e. The maximum atomic E-state index is 10.9. The van der Waals surface area contributed by atoms with Crippen molar-refractivity contribution in [2.75, 3.05) is 11.5 Å². The van der Waals surface area contributed by atoms with Crippen molar-refractivity contribution >= 4 is 31.2 Å². The number of hydrogen-bond acceptors (Lipinski definition) is 3. The summed E-state index contributed by atoms with van der Waals surface area (Å²) in [5.41, 5.74) is 2.41. The van der Waals surface area contributed by atoms with Gasteiger partial charge in [-0.1, -0.05) is 6.07 Å². The molecule has 2 nitrogen and oxygen atoms in total. The molecule has 1 rings (SSSR count). The van der Waals surface area contributed by atoms with Crippen LogP contribution in [-0.4, -0.2) is 22.6 Å². The van der Waals surface area contributed by atoms with Gasteiger partial charge in [-0.05, 0) is 47.6 Å². The first-order valence-corrected chi connectivity index (χ1v) is 6.01. The average Bonchev–Trinajstić information content (AvgIpc) is 2.18. The van der Waals surface area contributed by atoms with Gasteiger partial charge in [0.15, 0.2) is 0 Å². The van der Waals surface area contributed by atoms with Gasteiger partial charge in [-0.15, -0.1) is 0 Å². The first kappa shape index (κ1) is 12.5. The van der Waals surface area contributed by atoms with Crippen LogP contribution in [0.15, 0.2) is 18.2 Å². The number of aromatic carboxylic acids is 1. The van der Waals surface area contributed by atoms with Gasteiger partial charge >= 0.3 is 5.97 Å². The van der Waals surface area contributed by atoms with E-state index in [4.69, 9.17) is 5.11 Å². The van der Waals surface area contributed by atoms with Crippen molar-refractivity contribution in [3.05, 3.63) is 34.9 Å². The summed E-state index contributed by atoms with van der Waals surface area (Å²) in [7, 11) is 0. The second-order valence-corrected chi connectivity index (χ2v) is 4.18. The fraction of sp³-hybridized carbons (Fsp3) is 0.364. The molecule has 0 fully saturated rings. The van der Waals surface area contributed by atoms with E-state index in [0.717, 1.165) is 35.5 Å². The molecule has 0 spiro atoms. The van der Waals surface area contributed by atoms with Gasteiger partial charge in [-0.25, -0.2) is 4.79 Å². The van der Waals surface area contributed by atoms with Gasteiger partial charge in [0.2, 0.25) is 0 Å². The van der Waals surface area contributed by atoms with Crippen molar-refractivity contribution in [2.45, 2.75) is 12.8 Å². The minimum atomic E-state index is -0.878. The quantitative estimate of drug-likeness (QED) is 0.693. The topological polar surface area (TPSA) is 37.3 Å². The van der Waals surface area contributed by atoms with E-state index >= 15 is 0 Å². The predicted octanol–water partition coefficient (Wildman–Crippen LogP) is 2.33. The lowest BCUT2D eigenvalue weighted by Gasteiger charge is -2.05. The fourth-order valence-electron chi connectivity index (χ4n) is 1.43. The first-order valence-electron chi connectivity index (χ1n) is 4.75. The molecule has 0 aliphatic carbocycles. The van der Waals surface area contributed by atoms with Crippen LogP contribution in [0.1, 0.15) is 21.5 Å². The Hall–Kier alpha value is -0.610. The highest BCUT2D eigenvalue weighted by atomic mass is 32.1. The molecule has 0 aromatic heterocycles. The van der Waals surface area contributed by atoms with E-state index in [9.17, 15) is 4.79 Å². The monoisotopic (exact) mass is 242 g/mol. The van der Waals surface area contributed by atoms with Crippen LogP contribution in [0.25, 0.3) is 0 Å². The Morgan fingerprint density at radius 3 is 1.87 bits per heavy atom. The minimum absolute atomic E-state index is 0.353. The highest BCUT2D eigenvalue weighted by Crippen LogP contribution is 2.13. The number of hydrogen-bond donors (Lipinski definition) is 3. The molecule has 0 aliphatic heterocycles. The highest BCUT2D eigenvalue weighted by Gasteiger charge is 2.06. The number of carboxylic acids is 1. The second-order valence-electron chi connectivity index (χ2n) is 3.29. The molecule has 82 valence electrons. The van der Waals surface area contributed by atoms with Crippen LogP contribution < -0.4 is 0 Å². The summed E-state index contributed by atoms with van der Waals surface area (Å²) in [4.78, 5) is 10.9.